The van der Waals surface area contributed by atoms with Crippen LogP contribution in [-0.2, 0) is 6.61 Å². The normalized spacial score (nSPS) is 10.8. The van der Waals surface area contributed by atoms with Crippen molar-refractivity contribution < 1.29 is 9.52 Å². The molecule has 0 amide bonds. The molecule has 26 heavy (non-hydrogen) atoms. The van der Waals surface area contributed by atoms with E-state index in [-0.39, 0.29) is 6.61 Å². The fourth-order valence-corrected chi connectivity index (χ4v) is 3.15. The third-order valence-electron chi connectivity index (χ3n) is 4.01. The largest absolute Gasteiger partial charge is 0.435 e. The predicted molar refractivity (Wildman–Crippen MR) is 106 cm³/mol. The quantitative estimate of drug-likeness (QED) is 0.576. The highest BCUT2D eigenvalue weighted by molar-refractivity contribution is 6.35. The number of aromatic nitrogens is 1. The van der Waals surface area contributed by atoms with Gasteiger partial charge in [0.25, 0.3) is 0 Å². The molecule has 0 aliphatic heterocycles. The van der Waals surface area contributed by atoms with Crippen molar-refractivity contribution in [2.75, 3.05) is 5.32 Å². The Morgan fingerprint density at radius 2 is 1.88 bits per heavy atom. The third-order valence-corrected chi connectivity index (χ3v) is 4.57. The summed E-state index contributed by atoms with van der Waals surface area (Å²) in [4.78, 5) is 4.28. The van der Waals surface area contributed by atoms with Gasteiger partial charge in [0, 0.05) is 16.3 Å². The summed E-state index contributed by atoms with van der Waals surface area (Å²) in [6.45, 7) is 7.96. The van der Waals surface area contributed by atoms with Crippen LogP contribution in [0.5, 0.6) is 0 Å². The summed E-state index contributed by atoms with van der Waals surface area (Å²) < 4.78 is 5.81. The summed E-state index contributed by atoms with van der Waals surface area (Å²) in [5, 5.41) is 13.6. The molecule has 2 aromatic carbocycles. The number of benzene rings is 2. The number of hydrogen-bond acceptors (Lipinski definition) is 4. The van der Waals surface area contributed by atoms with Crippen molar-refractivity contribution in [1.29, 1.82) is 0 Å². The van der Waals surface area contributed by atoms with Crippen LogP contribution in [0.4, 0.5) is 5.69 Å². The number of rotatable bonds is 5. The standard InChI is InChI=1S/C20H18Cl2N2O2/c1-11-6-14(10-25)7-12(2)19(11)24-13(3)20-23-9-18(26-20)16-8-15(21)4-5-17(16)22/h4-9,24-25H,3,10H2,1-2H3. The first-order chi connectivity index (χ1) is 12.4. The Hall–Kier alpha value is -2.27. The summed E-state index contributed by atoms with van der Waals surface area (Å²) in [6, 6.07) is 9.01. The molecule has 0 radical (unpaired) electrons. The second-order valence-electron chi connectivity index (χ2n) is 6.02. The van der Waals surface area contributed by atoms with E-state index in [1.54, 1.807) is 24.4 Å². The number of aliphatic hydroxyl groups is 1. The Bertz CT molecular complexity index is 957. The fourth-order valence-electron chi connectivity index (χ4n) is 2.77. The Balaban J connectivity index is 1.86. The lowest BCUT2D eigenvalue weighted by molar-refractivity contribution is 0.281. The molecule has 3 rings (SSSR count). The molecule has 0 atom stereocenters. The van der Waals surface area contributed by atoms with Crippen LogP contribution in [-0.4, -0.2) is 10.1 Å². The molecule has 0 fully saturated rings. The predicted octanol–water partition coefficient (Wildman–Crippen LogP) is 5.84. The minimum absolute atomic E-state index is 0.00635. The molecule has 2 N–H and O–H groups in total. The van der Waals surface area contributed by atoms with Crippen molar-refractivity contribution in [2.24, 2.45) is 0 Å². The molecule has 6 heteroatoms. The number of halogens is 2. The summed E-state index contributed by atoms with van der Waals surface area (Å²) in [7, 11) is 0. The van der Waals surface area contributed by atoms with Crippen LogP contribution in [0.1, 0.15) is 22.6 Å². The highest BCUT2D eigenvalue weighted by atomic mass is 35.5. The smallest absolute Gasteiger partial charge is 0.242 e. The molecule has 3 aromatic rings. The average molecular weight is 389 g/mol. The van der Waals surface area contributed by atoms with Crippen molar-refractivity contribution in [2.45, 2.75) is 20.5 Å². The van der Waals surface area contributed by atoms with Gasteiger partial charge >= 0.3 is 0 Å². The first-order valence-corrected chi connectivity index (χ1v) is 8.73. The molecule has 1 aromatic heterocycles. The van der Waals surface area contributed by atoms with Crippen LogP contribution >= 0.6 is 23.2 Å². The fraction of sp³-hybridized carbons (Fsp3) is 0.150. The van der Waals surface area contributed by atoms with Gasteiger partial charge in [0.05, 0.1) is 23.5 Å². The first-order valence-electron chi connectivity index (χ1n) is 7.97. The zero-order chi connectivity index (χ0) is 18.8. The molecule has 0 bridgehead atoms. The van der Waals surface area contributed by atoms with Crippen molar-refractivity contribution >= 4 is 34.6 Å². The second-order valence-corrected chi connectivity index (χ2v) is 6.86. The van der Waals surface area contributed by atoms with E-state index in [1.807, 2.05) is 26.0 Å². The van der Waals surface area contributed by atoms with E-state index >= 15 is 0 Å². The maximum atomic E-state index is 9.31. The van der Waals surface area contributed by atoms with Gasteiger partial charge in [-0.25, -0.2) is 4.98 Å². The number of nitrogens with zero attached hydrogens (tertiary/aromatic N) is 1. The lowest BCUT2D eigenvalue weighted by Gasteiger charge is -2.14. The Morgan fingerprint density at radius 1 is 1.19 bits per heavy atom. The Kier molecular flexibility index (Phi) is 5.37. The number of nitrogens with one attached hydrogen (secondary N) is 1. The maximum absolute atomic E-state index is 9.31. The zero-order valence-electron chi connectivity index (χ0n) is 14.4. The van der Waals surface area contributed by atoms with Crippen molar-refractivity contribution in [3.63, 3.8) is 0 Å². The monoisotopic (exact) mass is 388 g/mol. The van der Waals surface area contributed by atoms with Crippen molar-refractivity contribution in [3.05, 3.63) is 75.7 Å². The molecular weight excluding hydrogens is 371 g/mol. The number of hydrogen-bond donors (Lipinski definition) is 2. The van der Waals surface area contributed by atoms with Crippen LogP contribution in [0.2, 0.25) is 10.0 Å². The van der Waals surface area contributed by atoms with E-state index in [2.05, 4.69) is 16.9 Å². The van der Waals surface area contributed by atoms with Crippen LogP contribution in [0.3, 0.4) is 0 Å². The summed E-state index contributed by atoms with van der Waals surface area (Å²) in [6.07, 6.45) is 1.59. The minimum Gasteiger partial charge on any atom is -0.435 e. The summed E-state index contributed by atoms with van der Waals surface area (Å²) in [5.41, 5.74) is 4.97. The molecule has 4 nitrogen and oxygen atoms in total. The van der Waals surface area contributed by atoms with Gasteiger partial charge in [-0.1, -0.05) is 41.9 Å². The molecule has 0 saturated carbocycles. The molecular formula is C20H18Cl2N2O2. The maximum Gasteiger partial charge on any atom is 0.242 e. The molecule has 0 spiro atoms. The SMILES string of the molecule is C=C(Nc1c(C)cc(CO)cc1C)c1ncc(-c2cc(Cl)ccc2Cl)o1. The summed E-state index contributed by atoms with van der Waals surface area (Å²) >= 11 is 12.2. The lowest BCUT2D eigenvalue weighted by atomic mass is 10.0. The first kappa shape index (κ1) is 18.5. The number of aliphatic hydroxyl groups excluding tert-OH is 1. The topological polar surface area (TPSA) is 58.3 Å². The number of aryl methyl sites for hydroxylation is 2. The van der Waals surface area contributed by atoms with E-state index in [9.17, 15) is 5.11 Å². The summed E-state index contributed by atoms with van der Waals surface area (Å²) in [5.74, 6) is 0.876. The van der Waals surface area contributed by atoms with Crippen molar-refractivity contribution in [1.82, 2.24) is 4.98 Å². The van der Waals surface area contributed by atoms with E-state index in [0.717, 1.165) is 22.4 Å². The Morgan fingerprint density at radius 3 is 2.54 bits per heavy atom. The van der Waals surface area contributed by atoms with Crippen LogP contribution in [0, 0.1) is 13.8 Å². The van der Waals surface area contributed by atoms with Crippen molar-refractivity contribution in [3.8, 4) is 11.3 Å². The average Bonchev–Trinajstić information content (AvgIpc) is 3.09. The molecule has 0 aliphatic rings. The molecule has 0 saturated heterocycles. The van der Waals surface area contributed by atoms with Crippen LogP contribution in [0.25, 0.3) is 17.0 Å². The van der Waals surface area contributed by atoms with Gasteiger partial charge in [0.1, 0.15) is 0 Å². The van der Waals surface area contributed by atoms with Crippen LogP contribution < -0.4 is 5.32 Å². The lowest BCUT2D eigenvalue weighted by Crippen LogP contribution is -2.02. The Labute approximate surface area is 162 Å². The van der Waals surface area contributed by atoms with E-state index in [0.29, 0.717) is 33.0 Å². The van der Waals surface area contributed by atoms with Gasteiger partial charge in [-0.3, -0.25) is 0 Å². The number of oxazole rings is 1. The van der Waals surface area contributed by atoms with E-state index in [4.69, 9.17) is 27.6 Å². The van der Waals surface area contributed by atoms with Gasteiger partial charge in [-0.05, 0) is 48.7 Å². The van der Waals surface area contributed by atoms with Gasteiger partial charge in [-0.2, -0.15) is 0 Å². The highest BCUT2D eigenvalue weighted by Gasteiger charge is 2.14. The van der Waals surface area contributed by atoms with Gasteiger partial charge in [0.2, 0.25) is 5.89 Å². The van der Waals surface area contributed by atoms with Gasteiger partial charge < -0.3 is 14.8 Å². The van der Waals surface area contributed by atoms with Gasteiger partial charge in [0.15, 0.2) is 5.76 Å². The third kappa shape index (κ3) is 3.78. The highest BCUT2D eigenvalue weighted by Crippen LogP contribution is 2.32. The molecule has 1 heterocycles. The zero-order valence-corrected chi connectivity index (χ0v) is 15.9. The number of anilines is 1. The minimum atomic E-state index is 0.00635. The van der Waals surface area contributed by atoms with Gasteiger partial charge in [-0.15, -0.1) is 0 Å². The van der Waals surface area contributed by atoms with Crippen LogP contribution in [0.15, 0.2) is 47.5 Å². The molecule has 0 unspecified atom stereocenters. The second kappa shape index (κ2) is 7.54. The molecule has 0 aliphatic carbocycles. The van der Waals surface area contributed by atoms with E-state index < -0.39 is 0 Å². The van der Waals surface area contributed by atoms with E-state index in [1.165, 1.54) is 0 Å². The molecule has 134 valence electrons.